The largest absolute Gasteiger partial charge is 0.377 e. The number of hydrogen-bond donors (Lipinski definition) is 0. The maximum absolute atomic E-state index is 13.5. The highest BCUT2D eigenvalue weighted by molar-refractivity contribution is 5.94. The molecule has 0 spiro atoms. The lowest BCUT2D eigenvalue weighted by molar-refractivity contribution is -0.387. The Morgan fingerprint density at radius 1 is 1.58 bits per heavy atom. The second kappa shape index (κ2) is 5.31. The number of nitrogens with zero attached hydrogens (tertiary/aromatic N) is 2. The Bertz CT molecular complexity index is 520. The van der Waals surface area contributed by atoms with E-state index < -0.39 is 16.4 Å². The van der Waals surface area contributed by atoms with E-state index in [0.29, 0.717) is 19.8 Å². The molecule has 1 aliphatic rings. The van der Waals surface area contributed by atoms with E-state index in [4.69, 9.17) is 4.74 Å². The van der Waals surface area contributed by atoms with Gasteiger partial charge in [0.25, 0.3) is 5.91 Å². The van der Waals surface area contributed by atoms with Gasteiger partial charge in [-0.25, -0.2) is 0 Å². The Morgan fingerprint density at radius 3 is 2.89 bits per heavy atom. The first-order valence-electron chi connectivity index (χ1n) is 5.83. The summed E-state index contributed by atoms with van der Waals surface area (Å²) in [6.07, 6.45) is 0. The number of nitro benzene ring substituents is 1. The Labute approximate surface area is 108 Å². The first kappa shape index (κ1) is 13.4. The summed E-state index contributed by atoms with van der Waals surface area (Å²) in [5, 5.41) is 10.5. The average Bonchev–Trinajstić information content (AvgIpc) is 2.38. The molecule has 0 saturated carbocycles. The zero-order valence-electron chi connectivity index (χ0n) is 10.3. The highest BCUT2D eigenvalue weighted by Crippen LogP contribution is 2.20. The van der Waals surface area contributed by atoms with Crippen molar-refractivity contribution in [3.63, 3.8) is 0 Å². The van der Waals surface area contributed by atoms with Crippen molar-refractivity contribution in [2.45, 2.75) is 13.0 Å². The Hall–Kier alpha value is -2.02. The maximum atomic E-state index is 13.5. The topological polar surface area (TPSA) is 72.7 Å². The smallest absolute Gasteiger partial charge is 0.304 e. The van der Waals surface area contributed by atoms with Gasteiger partial charge in [0, 0.05) is 18.2 Å². The molecule has 1 heterocycles. The lowest BCUT2D eigenvalue weighted by Gasteiger charge is -2.33. The van der Waals surface area contributed by atoms with E-state index >= 15 is 0 Å². The third-order valence-electron chi connectivity index (χ3n) is 3.02. The molecule has 0 bridgehead atoms. The fraction of sp³-hybridized carbons (Fsp3) is 0.417. The Kier molecular flexibility index (Phi) is 3.75. The number of morpholine rings is 1. The number of nitro groups is 1. The fourth-order valence-electron chi connectivity index (χ4n) is 1.98. The molecule has 0 aromatic heterocycles. The van der Waals surface area contributed by atoms with Gasteiger partial charge in [0.1, 0.15) is 0 Å². The molecule has 2 rings (SSSR count). The second-order valence-corrected chi connectivity index (χ2v) is 4.35. The highest BCUT2D eigenvalue weighted by atomic mass is 19.1. The first-order chi connectivity index (χ1) is 9.00. The summed E-state index contributed by atoms with van der Waals surface area (Å²) in [7, 11) is 0. The number of benzene rings is 1. The number of halogens is 1. The van der Waals surface area contributed by atoms with Crippen molar-refractivity contribution < 1.29 is 18.8 Å². The van der Waals surface area contributed by atoms with E-state index in [2.05, 4.69) is 0 Å². The van der Waals surface area contributed by atoms with Gasteiger partial charge in [-0.15, -0.1) is 0 Å². The molecule has 0 radical (unpaired) electrons. The van der Waals surface area contributed by atoms with Gasteiger partial charge in [-0.1, -0.05) is 0 Å². The molecule has 1 saturated heterocycles. The third kappa shape index (κ3) is 2.70. The number of hydrogen-bond acceptors (Lipinski definition) is 4. The molecule has 6 nitrogen and oxygen atoms in total. The van der Waals surface area contributed by atoms with Crippen LogP contribution in [0.25, 0.3) is 0 Å². The average molecular weight is 268 g/mol. The van der Waals surface area contributed by atoms with Gasteiger partial charge < -0.3 is 9.64 Å². The van der Waals surface area contributed by atoms with E-state index in [9.17, 15) is 19.3 Å². The van der Waals surface area contributed by atoms with Crippen LogP contribution >= 0.6 is 0 Å². The summed E-state index contributed by atoms with van der Waals surface area (Å²) in [6, 6.07) is 3.08. The lowest BCUT2D eigenvalue weighted by Crippen LogP contribution is -2.47. The molecule has 1 aliphatic heterocycles. The van der Waals surface area contributed by atoms with Crippen LogP contribution in [0.2, 0.25) is 0 Å². The monoisotopic (exact) mass is 268 g/mol. The first-order valence-corrected chi connectivity index (χ1v) is 5.83. The molecule has 1 amide bonds. The van der Waals surface area contributed by atoms with Crippen molar-refractivity contribution in [2.75, 3.05) is 19.8 Å². The van der Waals surface area contributed by atoms with Gasteiger partial charge in [0.15, 0.2) is 0 Å². The van der Waals surface area contributed by atoms with Gasteiger partial charge in [-0.3, -0.25) is 14.9 Å². The molecule has 1 aromatic rings. The van der Waals surface area contributed by atoms with Gasteiger partial charge in [-0.05, 0) is 19.1 Å². The van der Waals surface area contributed by atoms with Crippen LogP contribution in [-0.4, -0.2) is 41.5 Å². The van der Waals surface area contributed by atoms with Gasteiger partial charge in [0.05, 0.1) is 24.2 Å². The number of amides is 1. The van der Waals surface area contributed by atoms with Crippen molar-refractivity contribution >= 4 is 11.6 Å². The predicted molar refractivity (Wildman–Crippen MR) is 64.4 cm³/mol. The maximum Gasteiger partial charge on any atom is 0.304 e. The molecule has 0 N–H and O–H groups in total. The number of ether oxygens (including phenoxy) is 1. The lowest BCUT2D eigenvalue weighted by atomic mass is 10.1. The Morgan fingerprint density at radius 2 is 2.32 bits per heavy atom. The molecule has 1 aromatic carbocycles. The molecule has 7 heteroatoms. The highest BCUT2D eigenvalue weighted by Gasteiger charge is 2.26. The molecule has 1 atom stereocenters. The second-order valence-electron chi connectivity index (χ2n) is 4.35. The molecule has 19 heavy (non-hydrogen) atoms. The van der Waals surface area contributed by atoms with Crippen molar-refractivity contribution in [1.29, 1.82) is 0 Å². The fourth-order valence-corrected chi connectivity index (χ4v) is 1.98. The normalized spacial score (nSPS) is 19.3. The van der Waals surface area contributed by atoms with E-state index in [-0.39, 0.29) is 17.5 Å². The molecule has 0 aliphatic carbocycles. The minimum atomic E-state index is -1.00. The third-order valence-corrected chi connectivity index (χ3v) is 3.02. The summed E-state index contributed by atoms with van der Waals surface area (Å²) in [4.78, 5) is 23.4. The van der Waals surface area contributed by atoms with Crippen LogP contribution in [0.1, 0.15) is 17.3 Å². The van der Waals surface area contributed by atoms with Gasteiger partial charge in [0.2, 0.25) is 5.82 Å². The zero-order chi connectivity index (χ0) is 14.0. The minimum absolute atomic E-state index is 0.0977. The number of carbonyl (C=O) groups is 1. The summed E-state index contributed by atoms with van der Waals surface area (Å²) in [6.45, 7) is 3.13. The summed E-state index contributed by atoms with van der Waals surface area (Å²) < 4.78 is 18.7. The van der Waals surface area contributed by atoms with E-state index in [1.165, 1.54) is 6.07 Å². The summed E-state index contributed by atoms with van der Waals surface area (Å²) in [5.74, 6) is -1.35. The Balaban J connectivity index is 2.24. The number of rotatable bonds is 2. The summed E-state index contributed by atoms with van der Waals surface area (Å²) in [5.41, 5.74) is -0.525. The minimum Gasteiger partial charge on any atom is -0.377 e. The molecule has 102 valence electrons. The van der Waals surface area contributed by atoms with Gasteiger partial charge >= 0.3 is 5.69 Å². The quantitative estimate of drug-likeness (QED) is 0.603. The van der Waals surface area contributed by atoms with Crippen molar-refractivity contribution in [2.24, 2.45) is 0 Å². The van der Waals surface area contributed by atoms with Crippen LogP contribution < -0.4 is 0 Å². The van der Waals surface area contributed by atoms with E-state index in [1.807, 2.05) is 6.92 Å². The molecule has 1 fully saturated rings. The van der Waals surface area contributed by atoms with E-state index in [1.54, 1.807) is 4.90 Å². The SMILES string of the molecule is C[C@@H]1COCCN1C(=O)c1ccc([N+](=O)[O-])c(F)c1. The van der Waals surface area contributed by atoms with Crippen molar-refractivity contribution in [3.05, 3.63) is 39.7 Å². The van der Waals surface area contributed by atoms with Gasteiger partial charge in [-0.2, -0.15) is 4.39 Å². The van der Waals surface area contributed by atoms with Crippen LogP contribution in [0.15, 0.2) is 18.2 Å². The molecular formula is C12H13FN2O4. The number of carbonyl (C=O) groups excluding carboxylic acids is 1. The summed E-state index contributed by atoms with van der Waals surface area (Å²) >= 11 is 0. The zero-order valence-corrected chi connectivity index (χ0v) is 10.3. The van der Waals surface area contributed by atoms with Crippen molar-refractivity contribution in [3.8, 4) is 0 Å². The van der Waals surface area contributed by atoms with Crippen LogP contribution in [-0.2, 0) is 4.74 Å². The van der Waals surface area contributed by atoms with Crippen LogP contribution in [0.4, 0.5) is 10.1 Å². The molecule has 0 unspecified atom stereocenters. The van der Waals surface area contributed by atoms with Crippen LogP contribution in [0.5, 0.6) is 0 Å². The standard InChI is InChI=1S/C12H13FN2O4/c1-8-7-19-5-4-14(8)12(16)9-2-3-11(15(17)18)10(13)6-9/h2-3,6,8H,4-5,7H2,1H3/t8-/m1/s1. The van der Waals surface area contributed by atoms with Crippen LogP contribution in [0.3, 0.4) is 0 Å². The van der Waals surface area contributed by atoms with Crippen LogP contribution in [0, 0.1) is 15.9 Å². The molecular weight excluding hydrogens is 255 g/mol. The van der Waals surface area contributed by atoms with Crippen molar-refractivity contribution in [1.82, 2.24) is 4.90 Å². The predicted octanol–water partition coefficient (Wildman–Crippen LogP) is 1.59. The van der Waals surface area contributed by atoms with E-state index in [0.717, 1.165) is 12.1 Å².